The van der Waals surface area contributed by atoms with Gasteiger partial charge in [0.2, 0.25) is 0 Å². The van der Waals surface area contributed by atoms with Gasteiger partial charge in [-0.2, -0.15) is 0 Å². The lowest BCUT2D eigenvalue weighted by atomic mass is 10.2. The first-order chi connectivity index (χ1) is 11.0. The van der Waals surface area contributed by atoms with E-state index in [-0.39, 0.29) is 0 Å². The van der Waals surface area contributed by atoms with Crippen molar-refractivity contribution in [1.29, 1.82) is 0 Å². The maximum Gasteiger partial charge on any atom is 0.503 e. The average Bonchev–Trinajstić information content (AvgIpc) is 2.51. The quantitative estimate of drug-likeness (QED) is 0.281. The van der Waals surface area contributed by atoms with Gasteiger partial charge < -0.3 is 15.1 Å². The fourth-order valence-electron chi connectivity index (χ4n) is 2.11. The van der Waals surface area contributed by atoms with E-state index in [0.29, 0.717) is 0 Å². The van der Waals surface area contributed by atoms with Crippen molar-refractivity contribution in [2.45, 2.75) is 85.5 Å². The Kier molecular flexibility index (Phi) is 19.6. The Morgan fingerprint density at radius 3 is 1.65 bits per heavy atom. The van der Waals surface area contributed by atoms with E-state index in [0.717, 1.165) is 6.54 Å². The number of unbranched alkanes of at least 4 members (excludes halogenated alkanes) is 4. The molecule has 0 aromatic rings. The molecule has 0 saturated carbocycles. The van der Waals surface area contributed by atoms with Crippen molar-refractivity contribution in [3.63, 3.8) is 0 Å². The summed E-state index contributed by atoms with van der Waals surface area (Å²) in [4.78, 5) is 16.0. The summed E-state index contributed by atoms with van der Waals surface area (Å²) in [5.41, 5.74) is 0. The number of amidine groups is 1. The van der Waals surface area contributed by atoms with Crippen LogP contribution in [0.3, 0.4) is 0 Å². The van der Waals surface area contributed by atoms with Crippen molar-refractivity contribution in [2.24, 2.45) is 4.99 Å². The summed E-state index contributed by atoms with van der Waals surface area (Å²) < 4.78 is 0. The molecule has 0 amide bonds. The number of nitrogens with zero attached hydrogens (tertiary/aromatic N) is 2. The van der Waals surface area contributed by atoms with Crippen LogP contribution in [0.25, 0.3) is 0 Å². The second-order valence-electron chi connectivity index (χ2n) is 5.73. The smallest absolute Gasteiger partial charge is 0.450 e. The molecule has 0 bridgehead atoms. The van der Waals surface area contributed by atoms with Gasteiger partial charge in [0.25, 0.3) is 0 Å². The van der Waals surface area contributed by atoms with Crippen molar-refractivity contribution in [3.05, 3.63) is 0 Å². The van der Waals surface area contributed by atoms with Crippen LogP contribution in [-0.4, -0.2) is 46.7 Å². The zero-order chi connectivity index (χ0) is 17.9. The van der Waals surface area contributed by atoms with Crippen LogP contribution in [0, 0.1) is 0 Å². The van der Waals surface area contributed by atoms with Crippen LogP contribution >= 0.6 is 0 Å². The third-order valence-corrected chi connectivity index (χ3v) is 3.49. The first-order valence-corrected chi connectivity index (χ1v) is 9.23. The van der Waals surface area contributed by atoms with E-state index in [1.54, 1.807) is 0 Å². The Balaban J connectivity index is 0. The molecule has 0 rings (SSSR count). The highest BCUT2D eigenvalue weighted by molar-refractivity contribution is 5.82. The Morgan fingerprint density at radius 2 is 1.26 bits per heavy atom. The van der Waals surface area contributed by atoms with Gasteiger partial charge in [0.05, 0.1) is 5.84 Å². The van der Waals surface area contributed by atoms with Gasteiger partial charge in [-0.1, -0.05) is 53.4 Å². The summed E-state index contributed by atoms with van der Waals surface area (Å²) in [6.07, 6.45) is 9.50. The molecule has 5 heteroatoms. The topological polar surface area (TPSA) is 73.1 Å². The van der Waals surface area contributed by atoms with E-state index in [1.165, 1.54) is 76.7 Å². The second kappa shape index (κ2) is 18.8. The molecule has 23 heavy (non-hydrogen) atoms. The largest absolute Gasteiger partial charge is 0.503 e. The van der Waals surface area contributed by atoms with E-state index in [1.807, 2.05) is 0 Å². The van der Waals surface area contributed by atoms with Crippen molar-refractivity contribution in [2.75, 3.05) is 19.6 Å². The van der Waals surface area contributed by atoms with E-state index < -0.39 is 6.16 Å². The molecular formula is C18H38N2O3. The number of hydrogen-bond donors (Lipinski definition) is 2. The molecule has 0 aliphatic carbocycles. The van der Waals surface area contributed by atoms with Crippen LogP contribution in [0.2, 0.25) is 0 Å². The Hall–Kier alpha value is -1.26. The highest BCUT2D eigenvalue weighted by atomic mass is 16.6. The monoisotopic (exact) mass is 330 g/mol. The third kappa shape index (κ3) is 18.7. The average molecular weight is 331 g/mol. The Labute approximate surface area is 142 Å². The number of carboxylic acid groups (broad SMARTS) is 2. The van der Waals surface area contributed by atoms with Crippen molar-refractivity contribution in [1.82, 2.24) is 4.90 Å². The second-order valence-corrected chi connectivity index (χ2v) is 5.73. The van der Waals surface area contributed by atoms with Gasteiger partial charge >= 0.3 is 6.16 Å². The molecule has 0 aromatic heterocycles. The van der Waals surface area contributed by atoms with Gasteiger partial charge in [-0.25, -0.2) is 4.79 Å². The van der Waals surface area contributed by atoms with Crippen molar-refractivity contribution in [3.8, 4) is 0 Å². The Bertz CT molecular complexity index is 282. The van der Waals surface area contributed by atoms with Crippen molar-refractivity contribution >= 4 is 12.0 Å². The third-order valence-electron chi connectivity index (χ3n) is 3.49. The molecule has 138 valence electrons. The maximum atomic E-state index is 8.56. The number of rotatable bonds is 12. The van der Waals surface area contributed by atoms with Gasteiger partial charge in [0.15, 0.2) is 0 Å². The van der Waals surface area contributed by atoms with Crippen LogP contribution < -0.4 is 0 Å². The molecule has 0 heterocycles. The van der Waals surface area contributed by atoms with Gasteiger partial charge in [-0.3, -0.25) is 4.99 Å². The van der Waals surface area contributed by atoms with Crippen LogP contribution in [0.4, 0.5) is 4.79 Å². The number of carbonyl (C=O) groups is 1. The van der Waals surface area contributed by atoms with Crippen molar-refractivity contribution < 1.29 is 15.0 Å². The van der Waals surface area contributed by atoms with E-state index in [4.69, 9.17) is 20.0 Å². The predicted molar refractivity (Wildman–Crippen MR) is 98.8 cm³/mol. The number of aliphatic imine (C=N–C) groups is 1. The minimum atomic E-state index is -1.83. The normalized spacial score (nSPS) is 10.9. The Morgan fingerprint density at radius 1 is 0.826 bits per heavy atom. The van der Waals surface area contributed by atoms with Gasteiger partial charge in [0.1, 0.15) is 0 Å². The maximum absolute atomic E-state index is 8.56. The molecule has 0 radical (unpaired) electrons. The minimum absolute atomic E-state index is 1.02. The molecule has 0 unspecified atom stereocenters. The zero-order valence-electron chi connectivity index (χ0n) is 15.7. The van der Waals surface area contributed by atoms with Gasteiger partial charge in [0, 0.05) is 26.1 Å². The summed E-state index contributed by atoms with van der Waals surface area (Å²) in [5.74, 6) is 1.39. The lowest BCUT2D eigenvalue weighted by Gasteiger charge is -2.26. The van der Waals surface area contributed by atoms with E-state index in [2.05, 4.69) is 32.6 Å². The standard InChI is InChI=1S/C17H36N2.CH2O3/c1-5-9-13-17(18-14-10-6-2)19(15-11-7-3)16-12-8-4;2-1(3)4/h5-16H2,1-4H3;(H2,2,3,4). The molecule has 2 N–H and O–H groups in total. The lowest BCUT2D eigenvalue weighted by molar-refractivity contribution is 0.137. The molecule has 0 aliphatic heterocycles. The molecule has 0 aliphatic rings. The first kappa shape index (κ1) is 24.0. The summed E-state index contributed by atoms with van der Waals surface area (Å²) >= 11 is 0. The minimum Gasteiger partial charge on any atom is -0.450 e. The molecular weight excluding hydrogens is 292 g/mol. The summed E-state index contributed by atoms with van der Waals surface area (Å²) in [6, 6.07) is 0. The molecule has 0 atom stereocenters. The summed E-state index contributed by atoms with van der Waals surface area (Å²) in [5, 5.41) is 13.9. The van der Waals surface area contributed by atoms with Crippen LogP contribution in [0.5, 0.6) is 0 Å². The van der Waals surface area contributed by atoms with Crippen LogP contribution in [-0.2, 0) is 0 Å². The highest BCUT2D eigenvalue weighted by Gasteiger charge is 2.09. The van der Waals surface area contributed by atoms with Crippen LogP contribution in [0.1, 0.15) is 85.5 Å². The lowest BCUT2D eigenvalue weighted by Crippen LogP contribution is -2.33. The fourth-order valence-corrected chi connectivity index (χ4v) is 2.11. The zero-order valence-corrected chi connectivity index (χ0v) is 15.7. The SMILES string of the molecule is CCCCN=C(CCCC)N(CCCC)CCCC.O=C(O)O. The van der Waals surface area contributed by atoms with E-state index >= 15 is 0 Å². The molecule has 0 spiro atoms. The predicted octanol–water partition coefficient (Wildman–Crippen LogP) is 5.50. The van der Waals surface area contributed by atoms with Gasteiger partial charge in [-0.05, 0) is 25.7 Å². The fraction of sp³-hybridized carbons (Fsp3) is 0.889. The van der Waals surface area contributed by atoms with Crippen LogP contribution in [0.15, 0.2) is 4.99 Å². The molecule has 0 saturated heterocycles. The van der Waals surface area contributed by atoms with E-state index in [9.17, 15) is 0 Å². The van der Waals surface area contributed by atoms with Gasteiger partial charge in [-0.15, -0.1) is 0 Å². The molecule has 0 fully saturated rings. The first-order valence-electron chi connectivity index (χ1n) is 9.23. The highest BCUT2D eigenvalue weighted by Crippen LogP contribution is 2.08. The molecule has 5 nitrogen and oxygen atoms in total. The number of hydrogen-bond acceptors (Lipinski definition) is 2. The molecule has 0 aromatic carbocycles. The summed E-state index contributed by atoms with van der Waals surface area (Å²) in [6.45, 7) is 12.5. The summed E-state index contributed by atoms with van der Waals surface area (Å²) in [7, 11) is 0.